The Hall–Kier alpha value is -5.73. The smallest absolute Gasteiger partial charge is 0.262 e. The molecule has 4 aromatic rings. The van der Waals surface area contributed by atoms with E-state index in [0.29, 0.717) is 25.2 Å². The van der Waals surface area contributed by atoms with Crippen LogP contribution in [0.4, 0.5) is 10.1 Å². The van der Waals surface area contributed by atoms with E-state index in [1.807, 2.05) is 29.2 Å². The summed E-state index contributed by atoms with van der Waals surface area (Å²) in [6.45, 7) is 3.55. The van der Waals surface area contributed by atoms with Crippen molar-refractivity contribution in [3.05, 3.63) is 65.6 Å². The molecule has 0 radical (unpaired) electrons. The zero-order chi connectivity index (χ0) is 38.1. The molecule has 2 aromatic heterocycles. The highest BCUT2D eigenvalue weighted by atomic mass is 19.1. The number of carbonyl (C=O) groups is 5. The van der Waals surface area contributed by atoms with E-state index >= 15 is 4.39 Å². The van der Waals surface area contributed by atoms with Crippen molar-refractivity contribution in [2.75, 3.05) is 31.1 Å². The van der Waals surface area contributed by atoms with Crippen molar-refractivity contribution in [1.29, 1.82) is 0 Å². The van der Waals surface area contributed by atoms with Gasteiger partial charge in [0.2, 0.25) is 11.8 Å². The Morgan fingerprint density at radius 3 is 2.42 bits per heavy atom. The number of fused-ring (bicyclic) bond motifs is 2. The minimum Gasteiger partial charge on any atom is -0.488 e. The van der Waals surface area contributed by atoms with Crippen LogP contribution in [-0.4, -0.2) is 103 Å². The van der Waals surface area contributed by atoms with Crippen molar-refractivity contribution in [1.82, 2.24) is 35.3 Å². The molecule has 5 aliphatic rings. The van der Waals surface area contributed by atoms with Gasteiger partial charge in [-0.25, -0.2) is 14.4 Å². The first-order valence-electron chi connectivity index (χ1n) is 19.0. The zero-order valence-electron chi connectivity index (χ0n) is 30.5. The van der Waals surface area contributed by atoms with Gasteiger partial charge in [-0.15, -0.1) is 0 Å². The molecule has 4 fully saturated rings. The summed E-state index contributed by atoms with van der Waals surface area (Å²) in [7, 11) is 0. The second kappa shape index (κ2) is 13.2. The van der Waals surface area contributed by atoms with Gasteiger partial charge in [-0.3, -0.25) is 39.3 Å². The molecule has 2 aromatic carbocycles. The van der Waals surface area contributed by atoms with E-state index in [0.717, 1.165) is 64.3 Å². The van der Waals surface area contributed by atoms with Gasteiger partial charge in [-0.05, 0) is 93.8 Å². The molecule has 0 spiro atoms. The number of halogens is 1. The summed E-state index contributed by atoms with van der Waals surface area (Å²) < 4.78 is 22.5. The van der Waals surface area contributed by atoms with Crippen molar-refractivity contribution in [2.24, 2.45) is 5.92 Å². The number of likely N-dealkylation sites (tertiary alicyclic amines) is 1. The molecule has 1 atom stereocenters. The largest absolute Gasteiger partial charge is 0.488 e. The van der Waals surface area contributed by atoms with Crippen LogP contribution in [-0.2, 0) is 20.8 Å². The van der Waals surface area contributed by atoms with E-state index in [1.165, 1.54) is 0 Å². The molecule has 1 saturated carbocycles. The Morgan fingerprint density at radius 2 is 1.67 bits per heavy atom. The quantitative estimate of drug-likeness (QED) is 0.250. The molecular formula is C40H41FN8O6. The summed E-state index contributed by atoms with van der Waals surface area (Å²) in [5.41, 5.74) is 2.14. The van der Waals surface area contributed by atoms with Crippen molar-refractivity contribution in [2.45, 2.75) is 82.0 Å². The van der Waals surface area contributed by atoms with E-state index in [2.05, 4.69) is 32.4 Å². The molecule has 3 saturated heterocycles. The van der Waals surface area contributed by atoms with Crippen molar-refractivity contribution in [3.63, 3.8) is 0 Å². The normalized spacial score (nSPS) is 22.2. The Bertz CT molecular complexity index is 2250. The first kappa shape index (κ1) is 35.0. The Labute approximate surface area is 315 Å². The average molecular weight is 749 g/mol. The van der Waals surface area contributed by atoms with E-state index in [-0.39, 0.29) is 61.4 Å². The van der Waals surface area contributed by atoms with Gasteiger partial charge in [-0.1, -0.05) is 0 Å². The van der Waals surface area contributed by atoms with Gasteiger partial charge in [0.1, 0.15) is 29.4 Å². The minimum atomic E-state index is -2.00. The molecule has 15 heteroatoms. The fourth-order valence-electron chi connectivity index (χ4n) is 8.36. The van der Waals surface area contributed by atoms with E-state index in [4.69, 9.17) is 4.74 Å². The number of nitrogens with zero attached hydrogens (tertiary/aromatic N) is 6. The molecule has 4 aliphatic heterocycles. The van der Waals surface area contributed by atoms with Crippen molar-refractivity contribution >= 4 is 46.1 Å². The fraction of sp³-hybridized carbons (Fsp3) is 0.450. The van der Waals surface area contributed by atoms with Gasteiger partial charge < -0.3 is 14.5 Å². The number of alkyl halides is 1. The summed E-state index contributed by atoms with van der Waals surface area (Å²) in [6, 6.07) is 11.7. The zero-order valence-corrected chi connectivity index (χ0v) is 30.5. The summed E-state index contributed by atoms with van der Waals surface area (Å²) in [6.07, 6.45) is 5.93. The van der Waals surface area contributed by atoms with Crippen LogP contribution in [0.5, 0.6) is 5.75 Å². The third kappa shape index (κ3) is 6.48. The van der Waals surface area contributed by atoms with Gasteiger partial charge in [-0.2, -0.15) is 5.10 Å². The number of piperidine rings is 3. The molecule has 9 rings (SSSR count). The first-order valence-corrected chi connectivity index (χ1v) is 19.0. The van der Waals surface area contributed by atoms with Crippen LogP contribution in [0.3, 0.4) is 0 Å². The SMILES string of the molecule is CC1(Oc2ccc3[nH]nc(-c4cc(CC5CCN(C(=O)C6(F)CCN(c7ccc8c(c7)C(=O)N(C7CCC(=O)NC7=O)C8=O)CC6)CC5)ncn4)c3c2)CC1. The van der Waals surface area contributed by atoms with Crippen LogP contribution >= 0.6 is 0 Å². The lowest BCUT2D eigenvalue weighted by atomic mass is 9.88. The van der Waals surface area contributed by atoms with Gasteiger partial charge in [0.25, 0.3) is 17.7 Å². The lowest BCUT2D eigenvalue weighted by Gasteiger charge is -2.41. The number of ether oxygens (including phenoxy) is 1. The number of hydrogen-bond donors (Lipinski definition) is 2. The second-order valence-corrected chi connectivity index (χ2v) is 15.8. The molecule has 1 unspecified atom stereocenters. The summed E-state index contributed by atoms with van der Waals surface area (Å²) in [5, 5.41) is 10.8. The monoisotopic (exact) mass is 748 g/mol. The first-order chi connectivity index (χ1) is 26.5. The molecular weight excluding hydrogens is 707 g/mol. The maximum absolute atomic E-state index is 16.3. The highest BCUT2D eigenvalue weighted by Crippen LogP contribution is 2.41. The Morgan fingerprint density at radius 1 is 0.909 bits per heavy atom. The molecule has 284 valence electrons. The number of H-pyrrole nitrogens is 1. The third-order valence-electron chi connectivity index (χ3n) is 11.9. The predicted molar refractivity (Wildman–Crippen MR) is 197 cm³/mol. The molecule has 55 heavy (non-hydrogen) atoms. The number of benzene rings is 2. The predicted octanol–water partition coefficient (Wildman–Crippen LogP) is 4.14. The molecule has 5 amide bonds. The molecule has 2 N–H and O–H groups in total. The number of aromatic amines is 1. The number of anilines is 1. The minimum absolute atomic E-state index is 0.00333. The Kier molecular flexibility index (Phi) is 8.42. The van der Waals surface area contributed by atoms with E-state index < -0.39 is 41.2 Å². The summed E-state index contributed by atoms with van der Waals surface area (Å²) in [4.78, 5) is 77.6. The van der Waals surface area contributed by atoms with Crippen molar-refractivity contribution < 1.29 is 33.1 Å². The summed E-state index contributed by atoms with van der Waals surface area (Å²) >= 11 is 0. The van der Waals surface area contributed by atoms with Crippen LogP contribution in [0, 0.1) is 5.92 Å². The number of carbonyl (C=O) groups excluding carboxylic acids is 5. The number of hydrogen-bond acceptors (Lipinski definition) is 10. The lowest BCUT2D eigenvalue weighted by Crippen LogP contribution is -2.54. The van der Waals surface area contributed by atoms with Gasteiger partial charge >= 0.3 is 0 Å². The van der Waals surface area contributed by atoms with Crippen molar-refractivity contribution in [3.8, 4) is 17.1 Å². The van der Waals surface area contributed by atoms with Crippen LogP contribution in [0.15, 0.2) is 48.8 Å². The maximum Gasteiger partial charge on any atom is 0.262 e. The topological polar surface area (TPSA) is 171 Å². The van der Waals surface area contributed by atoms with Gasteiger partial charge in [0, 0.05) is 62.2 Å². The standard InChI is InChI=1S/C40H41FN8O6/c1-39(10-11-39)55-26-3-5-30-29(21-26)34(46-45-30)31-19-24(42-22-43-31)18-23-8-14-48(15-9-23)38(54)40(41)12-16-47(17-13-40)25-2-4-27-28(20-25)37(53)49(36(27)52)32-6-7-33(50)44-35(32)51/h2-5,19-23,32H,6-18H2,1H3,(H,45,46)(H,44,50,51). The van der Waals surface area contributed by atoms with Gasteiger partial charge in [0.15, 0.2) is 5.67 Å². The van der Waals surface area contributed by atoms with Crippen LogP contribution in [0.1, 0.15) is 84.7 Å². The van der Waals surface area contributed by atoms with Gasteiger partial charge in [0.05, 0.1) is 22.3 Å². The second-order valence-electron chi connectivity index (χ2n) is 15.8. The van der Waals surface area contributed by atoms with Crippen LogP contribution in [0.25, 0.3) is 22.3 Å². The Balaban J connectivity index is 0.794. The number of nitrogens with one attached hydrogen (secondary N) is 2. The average Bonchev–Trinajstić information content (AvgIpc) is 3.67. The highest BCUT2D eigenvalue weighted by Gasteiger charge is 2.47. The number of imide groups is 2. The molecule has 6 heterocycles. The third-order valence-corrected chi connectivity index (χ3v) is 11.9. The summed E-state index contributed by atoms with van der Waals surface area (Å²) in [5.74, 6) is -1.67. The lowest BCUT2D eigenvalue weighted by molar-refractivity contribution is -0.147. The van der Waals surface area contributed by atoms with E-state index in [1.54, 1.807) is 29.4 Å². The van der Waals surface area contributed by atoms with E-state index in [9.17, 15) is 24.0 Å². The highest BCUT2D eigenvalue weighted by molar-refractivity contribution is 6.23. The molecule has 1 aliphatic carbocycles. The molecule has 0 bridgehead atoms. The van der Waals surface area contributed by atoms with Crippen LogP contribution < -0.4 is 15.0 Å². The number of amides is 5. The van der Waals surface area contributed by atoms with Crippen LogP contribution in [0.2, 0.25) is 0 Å². The maximum atomic E-state index is 16.3. The number of aromatic nitrogens is 4. The number of rotatable bonds is 8. The molecule has 14 nitrogen and oxygen atoms in total. The fourth-order valence-corrected chi connectivity index (χ4v) is 8.36.